The molecule has 98 valence electrons. The first-order chi connectivity index (χ1) is 8.38. The van der Waals surface area contributed by atoms with Crippen LogP contribution in [-0.2, 0) is 10.2 Å². The van der Waals surface area contributed by atoms with E-state index in [9.17, 15) is 9.90 Å². The van der Waals surface area contributed by atoms with Crippen molar-refractivity contribution in [2.75, 3.05) is 0 Å². The lowest BCUT2D eigenvalue weighted by Gasteiger charge is -2.39. The first-order valence-corrected chi connectivity index (χ1v) is 6.78. The molecule has 1 aliphatic carbocycles. The minimum atomic E-state index is -0.664. The molecule has 18 heavy (non-hydrogen) atoms. The van der Waals surface area contributed by atoms with E-state index in [4.69, 9.17) is 23.2 Å². The number of halogens is 2. The summed E-state index contributed by atoms with van der Waals surface area (Å²) in [6.45, 7) is 1.82. The molecule has 0 aromatic heterocycles. The van der Waals surface area contributed by atoms with E-state index in [0.717, 1.165) is 11.8 Å². The summed E-state index contributed by atoms with van der Waals surface area (Å²) in [4.78, 5) is 11.5. The maximum Gasteiger partial charge on any atom is 0.130 e. The normalized spacial score (nSPS) is 32.2. The topological polar surface area (TPSA) is 37.3 Å². The standard InChI is InChI=1S/C14H16Cl2O2/c1-13(18)4-6-14(9-17,7-5-13)10-2-3-11(15)12(16)8-10/h2-3,8-9,18H,4-7H2,1H3. The van der Waals surface area contributed by atoms with Crippen molar-refractivity contribution >= 4 is 29.5 Å². The van der Waals surface area contributed by atoms with Gasteiger partial charge in [0.2, 0.25) is 0 Å². The largest absolute Gasteiger partial charge is 0.390 e. The molecular formula is C14H16Cl2O2. The highest BCUT2D eigenvalue weighted by Crippen LogP contribution is 2.42. The summed E-state index contributed by atoms with van der Waals surface area (Å²) < 4.78 is 0. The van der Waals surface area contributed by atoms with Crippen LogP contribution in [0.3, 0.4) is 0 Å². The van der Waals surface area contributed by atoms with E-state index in [1.807, 2.05) is 13.0 Å². The predicted molar refractivity (Wildman–Crippen MR) is 73.3 cm³/mol. The van der Waals surface area contributed by atoms with Gasteiger partial charge in [-0.3, -0.25) is 0 Å². The highest BCUT2D eigenvalue weighted by atomic mass is 35.5. The molecule has 2 nitrogen and oxygen atoms in total. The molecule has 0 atom stereocenters. The summed E-state index contributed by atoms with van der Waals surface area (Å²) in [5.74, 6) is 0. The fourth-order valence-electron chi connectivity index (χ4n) is 2.52. The van der Waals surface area contributed by atoms with Crippen LogP contribution in [0.15, 0.2) is 18.2 Å². The third-order valence-corrected chi connectivity index (χ3v) is 4.68. The molecule has 0 heterocycles. The molecule has 0 radical (unpaired) electrons. The van der Waals surface area contributed by atoms with Crippen molar-refractivity contribution in [2.45, 2.75) is 43.6 Å². The van der Waals surface area contributed by atoms with Gasteiger partial charge in [-0.1, -0.05) is 29.3 Å². The summed E-state index contributed by atoms with van der Waals surface area (Å²) in [7, 11) is 0. The SMILES string of the molecule is CC1(O)CCC(C=O)(c2ccc(Cl)c(Cl)c2)CC1. The Kier molecular flexibility index (Phi) is 3.72. The van der Waals surface area contributed by atoms with Crippen molar-refractivity contribution in [1.82, 2.24) is 0 Å². The van der Waals surface area contributed by atoms with Crippen LogP contribution >= 0.6 is 23.2 Å². The number of carbonyl (C=O) groups is 1. The highest BCUT2D eigenvalue weighted by molar-refractivity contribution is 6.42. The summed E-state index contributed by atoms with van der Waals surface area (Å²) in [6, 6.07) is 5.33. The molecule has 1 aliphatic rings. The van der Waals surface area contributed by atoms with Crippen LogP contribution in [0.1, 0.15) is 38.2 Å². The fourth-order valence-corrected chi connectivity index (χ4v) is 2.81. The van der Waals surface area contributed by atoms with Gasteiger partial charge in [0, 0.05) is 0 Å². The molecule has 2 rings (SSSR count). The van der Waals surface area contributed by atoms with E-state index in [0.29, 0.717) is 35.7 Å². The van der Waals surface area contributed by atoms with Gasteiger partial charge in [0.25, 0.3) is 0 Å². The Morgan fingerprint density at radius 1 is 1.17 bits per heavy atom. The van der Waals surface area contributed by atoms with E-state index < -0.39 is 11.0 Å². The molecule has 1 saturated carbocycles. The lowest BCUT2D eigenvalue weighted by molar-refractivity contribution is -0.115. The number of aldehydes is 1. The number of hydrogen-bond acceptors (Lipinski definition) is 2. The molecule has 1 aromatic carbocycles. The maximum absolute atomic E-state index is 11.5. The average molecular weight is 287 g/mol. The lowest BCUT2D eigenvalue weighted by atomic mass is 9.66. The Hall–Kier alpha value is -0.570. The Balaban J connectivity index is 2.33. The van der Waals surface area contributed by atoms with Gasteiger partial charge in [-0.05, 0) is 50.3 Å². The summed E-state index contributed by atoms with van der Waals surface area (Å²) >= 11 is 11.9. The molecule has 1 aromatic rings. The van der Waals surface area contributed by atoms with Crippen LogP contribution in [0.25, 0.3) is 0 Å². The maximum atomic E-state index is 11.5. The zero-order valence-electron chi connectivity index (χ0n) is 10.2. The average Bonchev–Trinajstić information content (AvgIpc) is 2.34. The number of rotatable bonds is 2. The van der Waals surface area contributed by atoms with Crippen LogP contribution in [0, 0.1) is 0 Å². The molecule has 1 fully saturated rings. The van der Waals surface area contributed by atoms with E-state index in [-0.39, 0.29) is 0 Å². The molecule has 0 spiro atoms. The summed E-state index contributed by atoms with van der Waals surface area (Å²) in [5, 5.41) is 10.9. The number of hydrogen-bond donors (Lipinski definition) is 1. The predicted octanol–water partition coefficient (Wildman–Crippen LogP) is 3.76. The minimum absolute atomic E-state index is 0.465. The molecule has 0 unspecified atom stereocenters. The van der Waals surface area contributed by atoms with Gasteiger partial charge in [0.15, 0.2) is 0 Å². The lowest BCUT2D eigenvalue weighted by Crippen LogP contribution is -2.40. The van der Waals surface area contributed by atoms with Gasteiger partial charge in [-0.25, -0.2) is 0 Å². The van der Waals surface area contributed by atoms with Crippen LogP contribution in [0.2, 0.25) is 10.0 Å². The Labute approximate surface area is 117 Å². The Morgan fingerprint density at radius 2 is 1.78 bits per heavy atom. The molecule has 1 N–H and O–H groups in total. The van der Waals surface area contributed by atoms with E-state index in [1.54, 1.807) is 12.1 Å². The molecule has 0 amide bonds. The molecule has 0 aliphatic heterocycles. The van der Waals surface area contributed by atoms with Crippen molar-refractivity contribution in [3.63, 3.8) is 0 Å². The van der Waals surface area contributed by atoms with Gasteiger partial charge in [-0.15, -0.1) is 0 Å². The van der Waals surface area contributed by atoms with Crippen LogP contribution < -0.4 is 0 Å². The molecule has 0 bridgehead atoms. The van der Waals surface area contributed by atoms with Gasteiger partial charge in [-0.2, -0.15) is 0 Å². The van der Waals surface area contributed by atoms with Crippen LogP contribution in [0.4, 0.5) is 0 Å². The second-order valence-corrected chi connectivity index (χ2v) is 6.21. The number of carbonyl (C=O) groups excluding carboxylic acids is 1. The van der Waals surface area contributed by atoms with E-state index in [2.05, 4.69) is 0 Å². The zero-order chi connectivity index (χ0) is 13.4. The molecule has 0 saturated heterocycles. The first-order valence-electron chi connectivity index (χ1n) is 6.03. The number of benzene rings is 1. The van der Waals surface area contributed by atoms with Crippen molar-refractivity contribution in [3.05, 3.63) is 33.8 Å². The van der Waals surface area contributed by atoms with Crippen molar-refractivity contribution in [3.8, 4) is 0 Å². The van der Waals surface area contributed by atoms with Crippen molar-refractivity contribution < 1.29 is 9.90 Å². The first kappa shape index (κ1) is 13.9. The van der Waals surface area contributed by atoms with Crippen LogP contribution in [0.5, 0.6) is 0 Å². The van der Waals surface area contributed by atoms with Crippen molar-refractivity contribution in [2.24, 2.45) is 0 Å². The molecular weight excluding hydrogens is 271 g/mol. The quantitative estimate of drug-likeness (QED) is 0.841. The Bertz CT molecular complexity index is 459. The highest BCUT2D eigenvalue weighted by Gasteiger charge is 2.40. The monoisotopic (exact) mass is 286 g/mol. The summed E-state index contributed by atoms with van der Waals surface area (Å²) in [6.07, 6.45) is 3.50. The number of aliphatic hydroxyl groups is 1. The fraction of sp³-hybridized carbons (Fsp3) is 0.500. The second kappa shape index (κ2) is 4.84. The van der Waals surface area contributed by atoms with Gasteiger partial charge < -0.3 is 9.90 Å². The van der Waals surface area contributed by atoms with Crippen LogP contribution in [-0.4, -0.2) is 17.0 Å². The minimum Gasteiger partial charge on any atom is -0.390 e. The third-order valence-electron chi connectivity index (χ3n) is 3.94. The van der Waals surface area contributed by atoms with Gasteiger partial charge >= 0.3 is 0 Å². The van der Waals surface area contributed by atoms with Gasteiger partial charge in [0.1, 0.15) is 6.29 Å². The van der Waals surface area contributed by atoms with Gasteiger partial charge in [0.05, 0.1) is 21.1 Å². The third kappa shape index (κ3) is 2.56. The smallest absolute Gasteiger partial charge is 0.130 e. The van der Waals surface area contributed by atoms with Crippen molar-refractivity contribution in [1.29, 1.82) is 0 Å². The zero-order valence-corrected chi connectivity index (χ0v) is 11.8. The molecule has 4 heteroatoms. The second-order valence-electron chi connectivity index (χ2n) is 5.40. The van der Waals surface area contributed by atoms with E-state index >= 15 is 0 Å². The Morgan fingerprint density at radius 3 is 2.28 bits per heavy atom. The summed E-state index contributed by atoms with van der Waals surface area (Å²) in [5.41, 5.74) is -0.304. The van der Waals surface area contributed by atoms with E-state index in [1.165, 1.54) is 0 Å².